The molecule has 3 N–H and O–H groups in total. The van der Waals surface area contributed by atoms with E-state index in [0.717, 1.165) is 23.0 Å². The molecule has 2 aromatic heterocycles. The largest absolute Gasteiger partial charge is 0.359 e. The van der Waals surface area contributed by atoms with Crippen molar-refractivity contribution in [1.29, 1.82) is 5.26 Å². The van der Waals surface area contributed by atoms with Crippen LogP contribution in [-0.2, 0) is 4.79 Å². The van der Waals surface area contributed by atoms with Gasteiger partial charge in [-0.1, -0.05) is 15.9 Å². The van der Waals surface area contributed by atoms with Crippen molar-refractivity contribution in [3.05, 3.63) is 34.6 Å². The van der Waals surface area contributed by atoms with Crippen LogP contribution in [0.1, 0.15) is 30.9 Å². The van der Waals surface area contributed by atoms with Crippen molar-refractivity contribution in [2.75, 3.05) is 24.2 Å². The van der Waals surface area contributed by atoms with E-state index in [-0.39, 0.29) is 5.91 Å². The molecule has 1 amide bonds. The molecule has 29 heavy (non-hydrogen) atoms. The summed E-state index contributed by atoms with van der Waals surface area (Å²) in [7, 11) is 1.61. The van der Waals surface area contributed by atoms with E-state index in [1.807, 2.05) is 6.07 Å². The zero-order valence-corrected chi connectivity index (χ0v) is 17.3. The van der Waals surface area contributed by atoms with Gasteiger partial charge in [0.2, 0.25) is 11.9 Å². The summed E-state index contributed by atoms with van der Waals surface area (Å²) in [6.07, 6.45) is 4.32. The van der Waals surface area contributed by atoms with Crippen molar-refractivity contribution in [3.63, 3.8) is 0 Å². The first-order chi connectivity index (χ1) is 14.1. The molecular formula is C19H19BrN8O. The number of fused-ring (bicyclic) bond motifs is 1. The predicted molar refractivity (Wildman–Crippen MR) is 113 cm³/mol. The van der Waals surface area contributed by atoms with Crippen LogP contribution in [0.4, 0.5) is 17.5 Å². The number of hydrogen-bond donors (Lipinski definition) is 3. The Bertz CT molecular complexity index is 1120. The number of nitrogens with zero attached hydrogens (tertiary/aromatic N) is 5. The summed E-state index contributed by atoms with van der Waals surface area (Å²) < 4.78 is 2.85. The number of aromatic nitrogens is 4. The highest BCUT2D eigenvalue weighted by Gasteiger charge is 2.27. The molecule has 0 spiro atoms. The second-order valence-corrected chi connectivity index (χ2v) is 7.68. The molecule has 0 radical (unpaired) electrons. The standard InChI is InChI=1S/C19H19BrN8O/c1-22-15(29)4-5-23-19-26-17(25-13-7-11(9-21)6-12(20)8-13)16-18(27-19)28(10-24-16)14-2-3-14/h6-8,10,14H,2-5H2,1H3,(H,22,29)(H2,23,25,26,27). The molecule has 3 aromatic rings. The molecule has 9 nitrogen and oxygen atoms in total. The maximum Gasteiger partial charge on any atom is 0.226 e. The second kappa shape index (κ2) is 8.05. The fourth-order valence-corrected chi connectivity index (χ4v) is 3.47. The summed E-state index contributed by atoms with van der Waals surface area (Å²) in [4.78, 5) is 25.2. The highest BCUT2D eigenvalue weighted by atomic mass is 79.9. The van der Waals surface area contributed by atoms with Gasteiger partial charge in [0.1, 0.15) is 0 Å². The van der Waals surface area contributed by atoms with Gasteiger partial charge in [-0.15, -0.1) is 0 Å². The SMILES string of the molecule is CNC(=O)CCNc1nc(Nc2cc(Br)cc(C#N)c2)c2ncn(C3CC3)c2n1. The molecule has 148 valence electrons. The Morgan fingerprint density at radius 3 is 2.90 bits per heavy atom. The van der Waals surface area contributed by atoms with Gasteiger partial charge in [0.25, 0.3) is 0 Å². The Morgan fingerprint density at radius 1 is 1.34 bits per heavy atom. The molecule has 1 aromatic carbocycles. The van der Waals surface area contributed by atoms with E-state index in [1.54, 1.807) is 25.5 Å². The first-order valence-corrected chi connectivity index (χ1v) is 10.0. The minimum atomic E-state index is -0.0573. The van der Waals surface area contributed by atoms with Gasteiger partial charge in [0, 0.05) is 36.2 Å². The molecule has 1 saturated carbocycles. The number of nitriles is 1. The summed E-state index contributed by atoms with van der Waals surface area (Å²) in [5.41, 5.74) is 2.64. The van der Waals surface area contributed by atoms with Crippen LogP contribution in [-0.4, -0.2) is 39.0 Å². The number of benzene rings is 1. The Morgan fingerprint density at radius 2 is 2.17 bits per heavy atom. The van der Waals surface area contributed by atoms with Crippen LogP contribution in [0.2, 0.25) is 0 Å². The average Bonchev–Trinajstić information content (AvgIpc) is 3.46. The number of amides is 1. The van der Waals surface area contributed by atoms with E-state index >= 15 is 0 Å². The fourth-order valence-electron chi connectivity index (χ4n) is 2.98. The van der Waals surface area contributed by atoms with E-state index in [4.69, 9.17) is 0 Å². The van der Waals surface area contributed by atoms with Gasteiger partial charge in [0.15, 0.2) is 17.0 Å². The molecule has 0 saturated heterocycles. The number of nitrogens with one attached hydrogen (secondary N) is 3. The van der Waals surface area contributed by atoms with Crippen molar-refractivity contribution in [2.24, 2.45) is 0 Å². The van der Waals surface area contributed by atoms with Crippen molar-refractivity contribution in [1.82, 2.24) is 24.8 Å². The predicted octanol–water partition coefficient (Wildman–Crippen LogP) is 3.09. The zero-order valence-electron chi connectivity index (χ0n) is 15.7. The molecule has 1 fully saturated rings. The average molecular weight is 455 g/mol. The molecule has 10 heteroatoms. The lowest BCUT2D eigenvalue weighted by Gasteiger charge is -2.11. The summed E-state index contributed by atoms with van der Waals surface area (Å²) in [6, 6.07) is 7.91. The minimum absolute atomic E-state index is 0.0573. The van der Waals surface area contributed by atoms with Crippen LogP contribution < -0.4 is 16.0 Å². The fraction of sp³-hybridized carbons (Fsp3) is 0.316. The molecule has 0 aliphatic heterocycles. The summed E-state index contributed by atoms with van der Waals surface area (Å²) in [5.74, 6) is 0.902. The lowest BCUT2D eigenvalue weighted by molar-refractivity contribution is -0.120. The quantitative estimate of drug-likeness (QED) is 0.501. The van der Waals surface area contributed by atoms with E-state index in [2.05, 4.69) is 57.5 Å². The van der Waals surface area contributed by atoms with E-state index in [9.17, 15) is 10.1 Å². The van der Waals surface area contributed by atoms with Crippen molar-refractivity contribution < 1.29 is 4.79 Å². The van der Waals surface area contributed by atoms with Gasteiger partial charge in [-0.3, -0.25) is 4.79 Å². The van der Waals surface area contributed by atoms with Gasteiger partial charge < -0.3 is 20.5 Å². The first-order valence-electron chi connectivity index (χ1n) is 9.24. The van der Waals surface area contributed by atoms with Gasteiger partial charge in [-0.2, -0.15) is 15.2 Å². The monoisotopic (exact) mass is 454 g/mol. The van der Waals surface area contributed by atoms with E-state index in [1.165, 1.54) is 0 Å². The first kappa shape index (κ1) is 19.1. The zero-order chi connectivity index (χ0) is 20.4. The third-order valence-electron chi connectivity index (χ3n) is 4.57. The van der Waals surface area contributed by atoms with E-state index in [0.29, 0.717) is 47.5 Å². The minimum Gasteiger partial charge on any atom is -0.359 e. The highest BCUT2D eigenvalue weighted by Crippen LogP contribution is 2.38. The Balaban J connectivity index is 1.68. The number of rotatable bonds is 7. The van der Waals surface area contributed by atoms with Gasteiger partial charge >= 0.3 is 0 Å². The van der Waals surface area contributed by atoms with Crippen LogP contribution in [0.25, 0.3) is 11.2 Å². The normalized spacial score (nSPS) is 13.1. The van der Waals surface area contributed by atoms with Crippen molar-refractivity contribution >= 4 is 50.5 Å². The molecule has 1 aliphatic rings. The number of anilines is 3. The highest BCUT2D eigenvalue weighted by molar-refractivity contribution is 9.10. The van der Waals surface area contributed by atoms with Crippen LogP contribution in [0.3, 0.4) is 0 Å². The lowest BCUT2D eigenvalue weighted by atomic mass is 10.2. The maximum absolute atomic E-state index is 11.5. The van der Waals surface area contributed by atoms with Gasteiger partial charge in [0.05, 0.1) is 18.0 Å². The Labute approximate surface area is 175 Å². The van der Waals surface area contributed by atoms with Crippen molar-refractivity contribution in [3.8, 4) is 6.07 Å². The number of imidazole rings is 1. The van der Waals surface area contributed by atoms with Gasteiger partial charge in [-0.05, 0) is 31.0 Å². The molecule has 0 unspecified atom stereocenters. The number of halogens is 1. The maximum atomic E-state index is 11.5. The lowest BCUT2D eigenvalue weighted by Crippen LogP contribution is -2.21. The molecule has 1 aliphatic carbocycles. The summed E-state index contributed by atoms with van der Waals surface area (Å²) in [6.45, 7) is 0.414. The smallest absolute Gasteiger partial charge is 0.226 e. The third kappa shape index (κ3) is 4.30. The Kier molecular flexibility index (Phi) is 5.31. The summed E-state index contributed by atoms with van der Waals surface area (Å²) >= 11 is 3.42. The topological polar surface area (TPSA) is 121 Å². The van der Waals surface area contributed by atoms with E-state index < -0.39 is 0 Å². The van der Waals surface area contributed by atoms with Crippen molar-refractivity contribution in [2.45, 2.75) is 25.3 Å². The number of hydrogen-bond acceptors (Lipinski definition) is 7. The van der Waals surface area contributed by atoms with Crippen LogP contribution >= 0.6 is 15.9 Å². The van der Waals surface area contributed by atoms with Gasteiger partial charge in [-0.25, -0.2) is 4.98 Å². The van der Waals surface area contributed by atoms with Crippen LogP contribution in [0.15, 0.2) is 29.0 Å². The van der Waals surface area contributed by atoms with Crippen LogP contribution in [0, 0.1) is 11.3 Å². The number of carbonyl (C=O) groups excluding carboxylic acids is 1. The molecule has 2 heterocycles. The molecular weight excluding hydrogens is 436 g/mol. The molecule has 0 bridgehead atoms. The third-order valence-corrected chi connectivity index (χ3v) is 5.02. The van der Waals surface area contributed by atoms with Crippen LogP contribution in [0.5, 0.6) is 0 Å². The summed E-state index contributed by atoms with van der Waals surface area (Å²) in [5, 5.41) is 18.2. The Hall–Kier alpha value is -3.19. The second-order valence-electron chi connectivity index (χ2n) is 6.77. The number of carbonyl (C=O) groups is 1. The molecule has 0 atom stereocenters. The molecule has 4 rings (SSSR count).